The van der Waals surface area contributed by atoms with Crippen molar-refractivity contribution < 1.29 is 13.2 Å². The number of hydrogen-bond donors (Lipinski definition) is 1. The van der Waals surface area contributed by atoms with E-state index < -0.39 is 11.7 Å². The van der Waals surface area contributed by atoms with E-state index in [1.165, 1.54) is 12.3 Å². The molecule has 3 rings (SSSR count). The van der Waals surface area contributed by atoms with Crippen molar-refractivity contribution in [1.82, 2.24) is 20.2 Å². The number of benzene rings is 1. The summed E-state index contributed by atoms with van der Waals surface area (Å²) in [4.78, 5) is 6.37. The second-order valence-electron chi connectivity index (χ2n) is 4.91. The van der Waals surface area contributed by atoms with Gasteiger partial charge in [-0.2, -0.15) is 13.2 Å². The van der Waals surface area contributed by atoms with Crippen molar-refractivity contribution in [2.45, 2.75) is 13.1 Å². The zero-order valence-electron chi connectivity index (χ0n) is 11.8. The lowest BCUT2D eigenvalue weighted by molar-refractivity contribution is -0.137. The average Bonchev–Trinajstić information content (AvgIpc) is 2.99. The average molecular weight is 383 g/mol. The highest BCUT2D eigenvalue weighted by atomic mass is 79.9. The number of halogens is 4. The maximum absolute atomic E-state index is 13.1. The van der Waals surface area contributed by atoms with E-state index in [0.717, 1.165) is 21.8 Å². The Morgan fingerprint density at radius 1 is 1.09 bits per heavy atom. The van der Waals surface area contributed by atoms with E-state index in [2.05, 4.69) is 36.1 Å². The number of pyridine rings is 1. The molecule has 0 spiro atoms. The summed E-state index contributed by atoms with van der Waals surface area (Å²) < 4.78 is 40.0. The van der Waals surface area contributed by atoms with Crippen LogP contribution >= 0.6 is 15.9 Å². The van der Waals surface area contributed by atoms with Crippen LogP contribution in [0, 0.1) is 6.92 Å². The summed E-state index contributed by atoms with van der Waals surface area (Å²) in [7, 11) is 0. The Balaban J connectivity index is 2.05. The molecule has 118 valence electrons. The lowest BCUT2D eigenvalue weighted by Gasteiger charge is -2.09. The Morgan fingerprint density at radius 2 is 1.83 bits per heavy atom. The van der Waals surface area contributed by atoms with Gasteiger partial charge in [-0.15, -0.1) is 10.2 Å². The molecule has 4 nitrogen and oxygen atoms in total. The molecule has 2 heterocycles. The molecule has 0 aliphatic rings. The number of aryl methyl sites for hydroxylation is 1. The third-order valence-corrected chi connectivity index (χ3v) is 4.17. The molecule has 0 radical (unpaired) electrons. The number of aromatic amines is 1. The molecule has 0 atom stereocenters. The van der Waals surface area contributed by atoms with Crippen molar-refractivity contribution in [2.75, 3.05) is 0 Å². The Morgan fingerprint density at radius 3 is 2.52 bits per heavy atom. The predicted octanol–water partition coefficient (Wildman–Crippen LogP) is 4.62. The second kappa shape index (κ2) is 5.77. The van der Waals surface area contributed by atoms with E-state index in [-0.39, 0.29) is 11.4 Å². The highest BCUT2D eigenvalue weighted by Gasteiger charge is 2.34. The van der Waals surface area contributed by atoms with Crippen LogP contribution < -0.4 is 0 Å². The summed E-state index contributed by atoms with van der Waals surface area (Å²) >= 11 is 3.41. The van der Waals surface area contributed by atoms with Gasteiger partial charge in [0.2, 0.25) is 0 Å². The first kappa shape index (κ1) is 15.7. The molecule has 3 aromatic rings. The Labute approximate surface area is 137 Å². The molecule has 0 saturated heterocycles. The molecule has 0 saturated carbocycles. The number of H-pyrrole nitrogens is 1. The largest absolute Gasteiger partial charge is 0.418 e. The minimum absolute atomic E-state index is 0.0476. The third-order valence-electron chi connectivity index (χ3n) is 3.31. The van der Waals surface area contributed by atoms with Gasteiger partial charge in [0.05, 0.1) is 5.56 Å². The summed E-state index contributed by atoms with van der Waals surface area (Å²) in [6.45, 7) is 1.94. The van der Waals surface area contributed by atoms with Gasteiger partial charge in [0.25, 0.3) is 0 Å². The molecule has 0 aliphatic carbocycles. The smallest absolute Gasteiger partial charge is 0.321 e. The molecule has 1 N–H and O–H groups in total. The zero-order chi connectivity index (χ0) is 16.6. The van der Waals surface area contributed by atoms with Gasteiger partial charge in [-0.25, -0.2) is 0 Å². The molecule has 0 unspecified atom stereocenters. The normalized spacial score (nSPS) is 11.7. The number of rotatable bonds is 2. The number of aromatic nitrogens is 4. The minimum atomic E-state index is -4.51. The molecule has 0 amide bonds. The fraction of sp³-hybridized carbons (Fsp3) is 0.133. The van der Waals surface area contributed by atoms with Crippen LogP contribution in [-0.4, -0.2) is 20.2 Å². The highest BCUT2D eigenvalue weighted by Crippen LogP contribution is 2.35. The number of hydrogen-bond acceptors (Lipinski definition) is 3. The van der Waals surface area contributed by atoms with E-state index in [9.17, 15) is 13.2 Å². The van der Waals surface area contributed by atoms with Crippen LogP contribution in [0.3, 0.4) is 0 Å². The van der Waals surface area contributed by atoms with Crippen LogP contribution in [0.1, 0.15) is 11.1 Å². The van der Waals surface area contributed by atoms with Gasteiger partial charge in [0.15, 0.2) is 11.6 Å². The lowest BCUT2D eigenvalue weighted by atomic mass is 10.1. The highest BCUT2D eigenvalue weighted by molar-refractivity contribution is 9.10. The van der Waals surface area contributed by atoms with Crippen molar-refractivity contribution in [2.24, 2.45) is 0 Å². The minimum Gasteiger partial charge on any atom is -0.321 e. The number of nitrogens with zero attached hydrogens (tertiary/aromatic N) is 3. The topological polar surface area (TPSA) is 54.5 Å². The molecular weight excluding hydrogens is 373 g/mol. The quantitative estimate of drug-likeness (QED) is 0.703. The van der Waals surface area contributed by atoms with Gasteiger partial charge in [0.1, 0.15) is 0 Å². The molecule has 8 heteroatoms. The first-order valence-corrected chi connectivity index (χ1v) is 7.36. The maximum Gasteiger partial charge on any atom is 0.418 e. The Hall–Kier alpha value is -2.22. The maximum atomic E-state index is 13.1. The molecular formula is C15H10BrF3N4. The van der Waals surface area contributed by atoms with E-state index in [0.29, 0.717) is 5.82 Å². The van der Waals surface area contributed by atoms with Crippen molar-refractivity contribution in [1.29, 1.82) is 0 Å². The summed E-state index contributed by atoms with van der Waals surface area (Å²) in [5, 5.41) is 7.78. The third kappa shape index (κ3) is 3.12. The molecule has 23 heavy (non-hydrogen) atoms. The number of alkyl halides is 3. The molecule has 0 aliphatic heterocycles. The van der Waals surface area contributed by atoms with Crippen LogP contribution in [0.4, 0.5) is 13.2 Å². The first-order chi connectivity index (χ1) is 10.9. The van der Waals surface area contributed by atoms with E-state index in [4.69, 9.17) is 0 Å². The number of nitrogens with one attached hydrogen (secondary N) is 1. The van der Waals surface area contributed by atoms with Gasteiger partial charge in [-0.05, 0) is 24.6 Å². The predicted molar refractivity (Wildman–Crippen MR) is 82.5 cm³/mol. The van der Waals surface area contributed by atoms with Gasteiger partial charge in [-0.3, -0.25) is 4.98 Å². The van der Waals surface area contributed by atoms with Crippen LogP contribution in [0.2, 0.25) is 0 Å². The van der Waals surface area contributed by atoms with Crippen molar-refractivity contribution in [3.05, 3.63) is 52.3 Å². The standard InChI is InChI=1S/C15H10BrF3N4/c1-8-2-3-9(6-12(8)16)13-21-14(23-22-13)10-4-5-20-7-11(10)15(17,18)19/h2-7H,1H3,(H,21,22,23). The summed E-state index contributed by atoms with van der Waals surface area (Å²) in [5.41, 5.74) is 0.830. The molecule has 0 bridgehead atoms. The SMILES string of the molecule is Cc1ccc(-c2nnc(-c3ccncc3C(F)(F)F)[nH]2)cc1Br. The summed E-state index contributed by atoms with van der Waals surface area (Å²) in [6, 6.07) is 6.80. The van der Waals surface area contributed by atoms with Crippen molar-refractivity contribution >= 4 is 15.9 Å². The second-order valence-corrected chi connectivity index (χ2v) is 5.76. The van der Waals surface area contributed by atoms with Crippen LogP contribution in [0.25, 0.3) is 22.8 Å². The first-order valence-electron chi connectivity index (χ1n) is 6.57. The fourth-order valence-electron chi connectivity index (χ4n) is 2.08. The Bertz CT molecular complexity index is 858. The van der Waals surface area contributed by atoms with Crippen LogP contribution in [0.5, 0.6) is 0 Å². The van der Waals surface area contributed by atoms with Crippen LogP contribution in [-0.2, 0) is 6.18 Å². The van der Waals surface area contributed by atoms with Gasteiger partial charge < -0.3 is 4.98 Å². The Kier molecular flexibility index (Phi) is 3.93. The summed E-state index contributed by atoms with van der Waals surface area (Å²) in [6.07, 6.45) is -2.45. The van der Waals surface area contributed by atoms with E-state index in [1.807, 2.05) is 25.1 Å². The fourth-order valence-corrected chi connectivity index (χ4v) is 2.46. The van der Waals surface area contributed by atoms with E-state index in [1.54, 1.807) is 0 Å². The van der Waals surface area contributed by atoms with Crippen molar-refractivity contribution in [3.63, 3.8) is 0 Å². The lowest BCUT2D eigenvalue weighted by Crippen LogP contribution is -2.08. The molecule has 2 aromatic heterocycles. The molecule has 1 aromatic carbocycles. The monoisotopic (exact) mass is 382 g/mol. The zero-order valence-corrected chi connectivity index (χ0v) is 13.4. The van der Waals surface area contributed by atoms with Gasteiger partial charge in [-0.1, -0.05) is 28.1 Å². The summed E-state index contributed by atoms with van der Waals surface area (Å²) in [5.74, 6) is 0.442. The van der Waals surface area contributed by atoms with Gasteiger partial charge >= 0.3 is 6.18 Å². The van der Waals surface area contributed by atoms with Crippen molar-refractivity contribution in [3.8, 4) is 22.8 Å². The molecule has 0 fully saturated rings. The van der Waals surface area contributed by atoms with Crippen LogP contribution in [0.15, 0.2) is 41.1 Å². The van der Waals surface area contributed by atoms with E-state index >= 15 is 0 Å². The van der Waals surface area contributed by atoms with Gasteiger partial charge in [0, 0.05) is 28.0 Å².